The fourth-order valence-electron chi connectivity index (χ4n) is 4.48. The molecule has 0 atom stereocenters. The zero-order valence-corrected chi connectivity index (χ0v) is 32.7. The summed E-state index contributed by atoms with van der Waals surface area (Å²) in [6.45, 7) is 2.84. The SMILES string of the molecule is C#CC#CC#CC#CC#CC#CC#CC#CC#CC#CC#C.CN1CCC(CCc2csc(C(=O)NCc3ccc4c(N)nccc4c3)n2)CC1.NN=NN[N+](=O)[S-].[HH].[HH].[HH].[HH].[HH].[HH].[HH].[HH].[HH].[HH].[HH].[HH]. The molecule has 0 saturated carbocycles. The van der Waals surface area contributed by atoms with Crippen molar-refractivity contribution in [3.05, 3.63) is 57.0 Å². The Labute approximate surface area is 366 Å². The standard InChI is InChI=1S/C22H27N5OS.C22H2.H3N5OS.12H2/c1-27-10-7-15(8-11-27)2-4-18-14-29-22(26-18)21(28)25-13-16-3-5-19-17(12-16)6-9-24-20(19)23;1-3-5-7-9-11-13-15-17-19-21-22-20-18-16-14-12-10-8-6-4-2;1-2-3-4-5(6)7;;;;;;;;;;;;/h3,5-6,9,12,14-15H,2,4,7-8,10-11,13H2,1H3,(H2,23,24)(H,25,28);1-2H;(H2,1,3)(H,2,4,6,7);12*1H. The molecule has 3 aromatic rings. The predicted molar refractivity (Wildman–Crippen MR) is 254 cm³/mol. The minimum Gasteiger partial charge on any atom is -0.478 e. The second-order valence-corrected chi connectivity index (χ2v) is 12.2. The van der Waals surface area contributed by atoms with E-state index in [0.717, 1.165) is 40.8 Å². The van der Waals surface area contributed by atoms with E-state index in [1.54, 1.807) is 11.7 Å². The van der Waals surface area contributed by atoms with Crippen LogP contribution in [0, 0.1) is 142 Å². The van der Waals surface area contributed by atoms with E-state index in [9.17, 15) is 9.70 Å². The lowest BCUT2D eigenvalue weighted by Gasteiger charge is -2.28. The molecule has 2 aromatic heterocycles. The number of nitrogens with two attached hydrogens (primary N) is 2. The Balaban J connectivity index is -0.0000000861. The van der Waals surface area contributed by atoms with Crippen molar-refractivity contribution in [1.82, 2.24) is 25.7 Å². The lowest BCUT2D eigenvalue weighted by Crippen LogP contribution is -2.30. The van der Waals surface area contributed by atoms with Crippen LogP contribution in [0.5, 0.6) is 0 Å². The Morgan fingerprint density at radius 1 is 0.931 bits per heavy atom. The van der Waals surface area contributed by atoms with Crippen LogP contribution >= 0.6 is 11.3 Å². The third kappa shape index (κ3) is 20.8. The van der Waals surface area contributed by atoms with Gasteiger partial charge in [0.2, 0.25) is 0 Å². The van der Waals surface area contributed by atoms with Crippen molar-refractivity contribution in [3.8, 4) is 131 Å². The number of carbonyl (C=O) groups is 1. The average molecular weight is 821 g/mol. The van der Waals surface area contributed by atoms with Crippen LogP contribution in [0.1, 0.15) is 57.4 Å². The number of anilines is 1. The highest BCUT2D eigenvalue weighted by Crippen LogP contribution is 2.23. The van der Waals surface area contributed by atoms with Crippen LogP contribution in [0.4, 0.5) is 5.82 Å². The van der Waals surface area contributed by atoms with Gasteiger partial charge in [0, 0.05) is 64.3 Å². The van der Waals surface area contributed by atoms with Gasteiger partial charge in [0.1, 0.15) is 5.82 Å². The maximum Gasteiger partial charge on any atom is 0.280 e. The molecule has 3 heterocycles. The van der Waals surface area contributed by atoms with Gasteiger partial charge < -0.3 is 28.8 Å². The highest BCUT2D eigenvalue weighted by molar-refractivity contribution is 7.51. The molecular weight excluding hydrogens is 765 g/mol. The summed E-state index contributed by atoms with van der Waals surface area (Å²) in [5, 5.41) is 13.0. The molecule has 1 aliphatic heterocycles. The topological polar surface area (TPSA) is 167 Å². The average Bonchev–Trinajstić information content (AvgIpc) is 3.71. The highest BCUT2D eigenvalue weighted by atomic mass is 32.1. The first-order valence-corrected chi connectivity index (χ1v) is 18.0. The number of nitrogens with one attached hydrogen (secondary N) is 2. The first-order valence-electron chi connectivity index (χ1n) is 16.7. The highest BCUT2D eigenvalue weighted by Gasteiger charge is 2.18. The summed E-state index contributed by atoms with van der Waals surface area (Å²) in [4.78, 5) is 33.2. The summed E-state index contributed by atoms with van der Waals surface area (Å²) in [5.41, 5.74) is 9.67. The molecule has 306 valence electrons. The van der Waals surface area contributed by atoms with Gasteiger partial charge in [-0.2, -0.15) is 0 Å². The van der Waals surface area contributed by atoms with Crippen molar-refractivity contribution in [2.24, 2.45) is 22.2 Å². The Morgan fingerprint density at radius 2 is 1.47 bits per heavy atom. The zero-order chi connectivity index (χ0) is 42.1. The minimum atomic E-state index is -0.116. The fraction of sp³-hybridized carbons (Fsp3) is 0.205. The number of nitrogens with zero attached hydrogens (tertiary/aromatic N) is 6. The fourth-order valence-corrected chi connectivity index (χ4v) is 5.29. The van der Waals surface area contributed by atoms with E-state index in [2.05, 4.69) is 175 Å². The Kier molecular flexibility index (Phi) is 23.0. The smallest absolute Gasteiger partial charge is 0.280 e. The van der Waals surface area contributed by atoms with E-state index in [1.807, 2.05) is 29.6 Å². The van der Waals surface area contributed by atoms with Crippen molar-refractivity contribution >= 4 is 46.6 Å². The molecule has 1 fully saturated rings. The number of fused-ring (bicyclic) bond motifs is 1. The lowest BCUT2D eigenvalue weighted by molar-refractivity contribution is -0.444. The molecule has 1 amide bonds. The molecule has 4 rings (SSSR count). The first kappa shape index (κ1) is 45.8. The summed E-state index contributed by atoms with van der Waals surface area (Å²) in [5.74, 6) is 53.9. The second-order valence-electron chi connectivity index (χ2n) is 11.0. The largest absolute Gasteiger partial charge is 0.478 e. The number of benzene rings is 1. The Hall–Kier alpha value is -8.33. The molecule has 0 spiro atoms. The van der Waals surface area contributed by atoms with Crippen molar-refractivity contribution in [3.63, 3.8) is 0 Å². The third-order valence-electron chi connectivity index (χ3n) is 7.10. The number of nitroso groups, excluding NO2 is 1. The monoisotopic (exact) mass is 820 g/mol. The van der Waals surface area contributed by atoms with Crippen LogP contribution in [-0.2, 0) is 25.8 Å². The number of hydrogen-bond donors (Lipinski definition) is 4. The van der Waals surface area contributed by atoms with Crippen molar-refractivity contribution in [2.75, 3.05) is 25.9 Å². The lowest BCUT2D eigenvalue weighted by atomic mass is 9.92. The number of amides is 1. The van der Waals surface area contributed by atoms with Gasteiger partial charge in [0.05, 0.1) is 10.9 Å². The van der Waals surface area contributed by atoms with Crippen molar-refractivity contribution < 1.29 is 26.2 Å². The maximum atomic E-state index is 12.5. The molecule has 1 aliphatic rings. The summed E-state index contributed by atoms with van der Waals surface area (Å²) < 4.78 is -0.0453. The van der Waals surface area contributed by atoms with E-state index < -0.39 is 0 Å². The van der Waals surface area contributed by atoms with Gasteiger partial charge in [0.15, 0.2) is 10.2 Å². The summed E-state index contributed by atoms with van der Waals surface area (Å²) in [7, 11) is 2.19. The molecule has 1 aromatic carbocycles. The van der Waals surface area contributed by atoms with Gasteiger partial charge in [-0.1, -0.05) is 21.3 Å². The normalized spacial score (nSPS) is 10.3. The summed E-state index contributed by atoms with van der Waals surface area (Å²) in [6, 6.07) is 7.87. The van der Waals surface area contributed by atoms with Crippen LogP contribution in [0.2, 0.25) is 0 Å². The van der Waals surface area contributed by atoms with E-state index >= 15 is 0 Å². The maximum absolute atomic E-state index is 12.5. The summed E-state index contributed by atoms with van der Waals surface area (Å²) >= 11 is 5.33. The summed E-state index contributed by atoms with van der Waals surface area (Å²) in [6.07, 6.45) is 16.1. The minimum absolute atomic E-state index is 0. The number of piperidine rings is 1. The van der Waals surface area contributed by atoms with Crippen LogP contribution in [0.15, 0.2) is 46.3 Å². The van der Waals surface area contributed by atoms with Crippen LogP contribution in [-0.4, -0.2) is 45.2 Å². The van der Waals surface area contributed by atoms with E-state index in [-0.39, 0.29) is 27.3 Å². The van der Waals surface area contributed by atoms with E-state index in [4.69, 9.17) is 18.6 Å². The van der Waals surface area contributed by atoms with E-state index in [1.165, 1.54) is 37.3 Å². The number of pyridine rings is 1. The zero-order valence-electron chi connectivity index (χ0n) is 31.1. The Bertz CT molecular complexity index is 2600. The predicted octanol–water partition coefficient (Wildman–Crippen LogP) is 5.69. The number of terminal acetylenes is 2. The molecule has 0 radical (unpaired) electrons. The number of hydrazine groups is 1. The third-order valence-corrected chi connectivity index (χ3v) is 8.07. The molecule has 0 unspecified atom stereocenters. The molecule has 1 saturated heterocycles. The van der Waals surface area contributed by atoms with Crippen molar-refractivity contribution in [1.29, 1.82) is 0 Å². The van der Waals surface area contributed by atoms with Crippen molar-refractivity contribution in [2.45, 2.75) is 32.2 Å². The molecule has 12 nitrogen and oxygen atoms in total. The number of aromatic nitrogens is 2. The van der Waals surface area contributed by atoms with Crippen LogP contribution in [0.25, 0.3) is 10.8 Å². The number of nitrogen functional groups attached to an aromatic ring is 1. The van der Waals surface area contributed by atoms with Crippen LogP contribution in [0.3, 0.4) is 0 Å². The van der Waals surface area contributed by atoms with Gasteiger partial charge in [0.25, 0.3) is 5.91 Å². The number of hydrogen-bond acceptors (Lipinski definition) is 10. The Morgan fingerprint density at radius 3 is 1.95 bits per heavy atom. The van der Waals surface area contributed by atoms with Gasteiger partial charge in [-0.25, -0.2) is 9.97 Å². The number of likely N-dealkylation sites (tertiary alicyclic amines) is 1. The molecule has 6 N–H and O–H groups in total. The molecular formula is C44H56N10O2S2. The molecule has 0 bridgehead atoms. The van der Waals surface area contributed by atoms with Gasteiger partial charge in [-0.05, 0) is 175 Å². The van der Waals surface area contributed by atoms with Gasteiger partial charge in [-0.15, -0.1) is 24.2 Å². The van der Waals surface area contributed by atoms with Crippen LogP contribution < -0.4 is 22.4 Å². The number of aryl methyl sites for hydroxylation is 1. The van der Waals surface area contributed by atoms with Gasteiger partial charge in [-0.3, -0.25) is 10.6 Å². The molecule has 14 heteroatoms. The van der Waals surface area contributed by atoms with Gasteiger partial charge >= 0.3 is 0 Å². The van der Waals surface area contributed by atoms with E-state index in [0.29, 0.717) is 17.4 Å². The number of thiazole rings is 1. The number of carbonyl (C=O) groups excluding carboxylic acids is 1. The quantitative estimate of drug-likeness (QED) is 0.0558. The first-order chi connectivity index (χ1) is 28.3. The second kappa shape index (κ2) is 29.1. The number of rotatable bonds is 8. The molecule has 58 heavy (non-hydrogen) atoms. The molecule has 0 aliphatic carbocycles.